The van der Waals surface area contributed by atoms with E-state index < -0.39 is 5.82 Å². The molecule has 6 nitrogen and oxygen atoms in total. The Morgan fingerprint density at radius 1 is 1.06 bits per heavy atom. The fraction of sp³-hybridized carbons (Fsp3) is 0.217. The van der Waals surface area contributed by atoms with Gasteiger partial charge in [-0.3, -0.25) is 0 Å². The highest BCUT2D eigenvalue weighted by molar-refractivity contribution is 6.30. The van der Waals surface area contributed by atoms with Crippen molar-refractivity contribution in [3.05, 3.63) is 82.8 Å². The molecule has 0 unspecified atom stereocenters. The lowest BCUT2D eigenvalue weighted by atomic mass is 10.1. The third-order valence-corrected chi connectivity index (χ3v) is 5.43. The van der Waals surface area contributed by atoms with Crippen LogP contribution in [-0.2, 0) is 0 Å². The predicted molar refractivity (Wildman–Crippen MR) is 119 cm³/mol. The quantitative estimate of drug-likeness (QED) is 0.270. The molecule has 0 bridgehead atoms. The summed E-state index contributed by atoms with van der Waals surface area (Å²) in [7, 11) is 0. The maximum Gasteiger partial charge on any atom is 0.230 e. The van der Waals surface area contributed by atoms with E-state index >= 15 is 0 Å². The lowest BCUT2D eigenvalue weighted by Gasteiger charge is -2.37. The number of ether oxygens (including phenoxy) is 1. The minimum Gasteiger partial charge on any atom is -0.438 e. The SMILES string of the molecule is Cc1ccc(/C(=N/O)N2CCN(c3ccccc3)CC2)c(Oc2ccc(F)c(Cl)c2)n1. The van der Waals surface area contributed by atoms with Gasteiger partial charge in [0.1, 0.15) is 11.6 Å². The van der Waals surface area contributed by atoms with Gasteiger partial charge in [0.25, 0.3) is 0 Å². The first-order valence-electron chi connectivity index (χ1n) is 9.93. The van der Waals surface area contributed by atoms with Crippen LogP contribution in [0.1, 0.15) is 11.3 Å². The lowest BCUT2D eigenvalue weighted by molar-refractivity contribution is 0.295. The van der Waals surface area contributed by atoms with Crippen molar-refractivity contribution < 1.29 is 14.3 Å². The van der Waals surface area contributed by atoms with Crippen molar-refractivity contribution in [3.8, 4) is 11.6 Å². The average molecular weight is 441 g/mol. The second-order valence-electron chi connectivity index (χ2n) is 7.22. The van der Waals surface area contributed by atoms with Crippen LogP contribution < -0.4 is 9.64 Å². The maximum atomic E-state index is 13.5. The molecule has 0 amide bonds. The van der Waals surface area contributed by atoms with Gasteiger partial charge in [0, 0.05) is 43.6 Å². The Morgan fingerprint density at radius 2 is 1.81 bits per heavy atom. The predicted octanol–water partition coefficient (Wildman–Crippen LogP) is 4.93. The number of hydrogen-bond donors (Lipinski definition) is 1. The number of piperazine rings is 1. The number of anilines is 1. The molecule has 1 aliphatic rings. The number of nitrogens with zero attached hydrogens (tertiary/aromatic N) is 4. The third kappa shape index (κ3) is 4.72. The summed E-state index contributed by atoms with van der Waals surface area (Å²) < 4.78 is 19.4. The number of benzene rings is 2. The minimum atomic E-state index is -0.527. The molecule has 0 aliphatic carbocycles. The van der Waals surface area contributed by atoms with Gasteiger partial charge < -0.3 is 19.7 Å². The van der Waals surface area contributed by atoms with Crippen LogP contribution in [0.2, 0.25) is 5.02 Å². The maximum absolute atomic E-state index is 13.5. The van der Waals surface area contributed by atoms with Crippen LogP contribution in [0, 0.1) is 12.7 Å². The largest absolute Gasteiger partial charge is 0.438 e. The van der Waals surface area contributed by atoms with Crippen molar-refractivity contribution in [2.45, 2.75) is 6.92 Å². The van der Waals surface area contributed by atoms with Crippen molar-refractivity contribution in [1.29, 1.82) is 0 Å². The Labute approximate surface area is 185 Å². The fourth-order valence-corrected chi connectivity index (χ4v) is 3.71. The molecule has 0 spiro atoms. The van der Waals surface area contributed by atoms with Gasteiger partial charge >= 0.3 is 0 Å². The Balaban J connectivity index is 1.56. The van der Waals surface area contributed by atoms with Crippen LogP contribution in [0.3, 0.4) is 0 Å². The molecule has 1 aliphatic heterocycles. The Kier molecular flexibility index (Phi) is 6.23. The molecule has 1 N–H and O–H groups in total. The topological polar surface area (TPSA) is 61.2 Å². The number of oxime groups is 1. The first-order valence-corrected chi connectivity index (χ1v) is 10.3. The van der Waals surface area contributed by atoms with Crippen molar-refractivity contribution in [3.63, 3.8) is 0 Å². The Hall–Kier alpha value is -3.32. The first kappa shape index (κ1) is 20.9. The second-order valence-corrected chi connectivity index (χ2v) is 7.62. The molecular weight excluding hydrogens is 419 g/mol. The summed E-state index contributed by atoms with van der Waals surface area (Å²) in [5.74, 6) is 0.460. The van der Waals surface area contributed by atoms with Crippen LogP contribution in [0.25, 0.3) is 0 Å². The van der Waals surface area contributed by atoms with E-state index in [2.05, 4.69) is 27.2 Å². The highest BCUT2D eigenvalue weighted by Crippen LogP contribution is 2.29. The first-order chi connectivity index (χ1) is 15.0. The summed E-state index contributed by atoms with van der Waals surface area (Å²) in [4.78, 5) is 8.74. The molecule has 0 atom stereocenters. The molecule has 1 aromatic heterocycles. The minimum absolute atomic E-state index is 0.0419. The Morgan fingerprint density at radius 3 is 2.48 bits per heavy atom. The van der Waals surface area contributed by atoms with Gasteiger partial charge in [0.2, 0.25) is 5.88 Å². The number of halogens is 2. The van der Waals surface area contributed by atoms with E-state index in [1.54, 1.807) is 6.07 Å². The highest BCUT2D eigenvalue weighted by atomic mass is 35.5. The average Bonchev–Trinajstić information content (AvgIpc) is 2.79. The summed E-state index contributed by atoms with van der Waals surface area (Å²) in [5.41, 5.74) is 2.44. The normalized spacial score (nSPS) is 14.6. The van der Waals surface area contributed by atoms with E-state index in [0.717, 1.165) is 18.8 Å². The number of pyridine rings is 1. The monoisotopic (exact) mass is 440 g/mol. The van der Waals surface area contributed by atoms with Crippen LogP contribution in [0.4, 0.5) is 10.1 Å². The number of aryl methyl sites for hydroxylation is 1. The van der Waals surface area contributed by atoms with E-state index in [-0.39, 0.29) is 10.9 Å². The van der Waals surface area contributed by atoms with E-state index in [1.165, 1.54) is 23.9 Å². The second kappa shape index (κ2) is 9.22. The highest BCUT2D eigenvalue weighted by Gasteiger charge is 2.25. The molecule has 1 saturated heterocycles. The van der Waals surface area contributed by atoms with Gasteiger partial charge in [-0.05, 0) is 43.3 Å². The van der Waals surface area contributed by atoms with Gasteiger partial charge in [-0.15, -0.1) is 0 Å². The Bertz CT molecular complexity index is 1090. The summed E-state index contributed by atoms with van der Waals surface area (Å²) >= 11 is 5.87. The van der Waals surface area contributed by atoms with Crippen molar-refractivity contribution in [2.75, 3.05) is 31.1 Å². The zero-order valence-electron chi connectivity index (χ0n) is 17.0. The smallest absolute Gasteiger partial charge is 0.230 e. The van der Waals surface area contributed by atoms with E-state index in [0.29, 0.717) is 30.2 Å². The summed E-state index contributed by atoms with van der Waals surface area (Å²) in [6.07, 6.45) is 0. The van der Waals surface area contributed by atoms with Gasteiger partial charge in [0.15, 0.2) is 5.84 Å². The molecule has 0 radical (unpaired) electrons. The van der Waals surface area contributed by atoms with Gasteiger partial charge in [-0.1, -0.05) is 35.0 Å². The fourth-order valence-electron chi connectivity index (χ4n) is 3.54. The third-order valence-electron chi connectivity index (χ3n) is 5.14. The van der Waals surface area contributed by atoms with Crippen LogP contribution in [-0.4, -0.2) is 47.1 Å². The molecule has 2 aromatic carbocycles. The molecule has 160 valence electrons. The number of aromatic nitrogens is 1. The molecule has 2 heterocycles. The van der Waals surface area contributed by atoms with Crippen LogP contribution >= 0.6 is 11.6 Å². The van der Waals surface area contributed by atoms with Crippen molar-refractivity contribution >= 4 is 23.1 Å². The van der Waals surface area contributed by atoms with Crippen LogP contribution in [0.15, 0.2) is 65.8 Å². The molecule has 3 aromatic rings. The lowest BCUT2D eigenvalue weighted by Crippen LogP contribution is -2.49. The molecule has 4 rings (SSSR count). The summed E-state index contributed by atoms with van der Waals surface area (Å²) in [6, 6.07) is 17.9. The molecular formula is C23H22ClFN4O2. The molecule has 31 heavy (non-hydrogen) atoms. The summed E-state index contributed by atoms with van der Waals surface area (Å²) in [5, 5.41) is 13.4. The van der Waals surface area contributed by atoms with E-state index in [4.69, 9.17) is 16.3 Å². The standard InChI is InChI=1S/C23H22ClFN4O2/c1-16-7-9-19(23(26-16)31-18-8-10-21(25)20(24)15-18)22(27-30)29-13-11-28(12-14-29)17-5-3-2-4-6-17/h2-10,15,30H,11-14H2,1H3/b27-22-. The van der Waals surface area contributed by atoms with E-state index in [1.807, 2.05) is 36.1 Å². The van der Waals surface area contributed by atoms with Gasteiger partial charge in [-0.25, -0.2) is 9.37 Å². The van der Waals surface area contributed by atoms with Crippen molar-refractivity contribution in [1.82, 2.24) is 9.88 Å². The number of para-hydroxylation sites is 1. The van der Waals surface area contributed by atoms with Gasteiger partial charge in [0.05, 0.1) is 10.6 Å². The zero-order valence-corrected chi connectivity index (χ0v) is 17.8. The number of rotatable bonds is 4. The molecule has 8 heteroatoms. The summed E-state index contributed by atoms with van der Waals surface area (Å²) in [6.45, 7) is 4.74. The zero-order chi connectivity index (χ0) is 21.8. The van der Waals surface area contributed by atoms with E-state index in [9.17, 15) is 9.60 Å². The van der Waals surface area contributed by atoms with Gasteiger partial charge in [-0.2, -0.15) is 0 Å². The molecule has 0 saturated carbocycles. The number of amidine groups is 1. The molecule has 1 fully saturated rings. The van der Waals surface area contributed by atoms with Crippen LogP contribution in [0.5, 0.6) is 11.6 Å². The van der Waals surface area contributed by atoms with Crippen molar-refractivity contribution in [2.24, 2.45) is 5.16 Å². The number of hydrogen-bond acceptors (Lipinski definition) is 5.